The molecule has 0 unspecified atom stereocenters. The fourth-order valence-electron chi connectivity index (χ4n) is 1.17. The highest BCUT2D eigenvalue weighted by molar-refractivity contribution is 7.80. The minimum atomic E-state index is -0.524. The summed E-state index contributed by atoms with van der Waals surface area (Å²) >= 11 is 4.88. The molecule has 6 heteroatoms. The van der Waals surface area contributed by atoms with Crippen molar-refractivity contribution in [3.63, 3.8) is 0 Å². The van der Waals surface area contributed by atoms with E-state index in [4.69, 9.17) is 12.2 Å². The average Bonchev–Trinajstić information content (AvgIpc) is 2.29. The third-order valence-electron chi connectivity index (χ3n) is 1.98. The van der Waals surface area contributed by atoms with Crippen LogP contribution in [0.25, 0.3) is 0 Å². The smallest absolute Gasteiger partial charge is 0.186 e. The lowest BCUT2D eigenvalue weighted by Crippen LogP contribution is -2.32. The molecule has 0 saturated carbocycles. The van der Waals surface area contributed by atoms with E-state index in [0.29, 0.717) is 17.4 Å². The Morgan fingerprint density at radius 1 is 1.41 bits per heavy atom. The summed E-state index contributed by atoms with van der Waals surface area (Å²) in [6.45, 7) is 4.12. The molecule has 2 N–H and O–H groups in total. The predicted molar refractivity (Wildman–Crippen MR) is 68.0 cm³/mol. The molecule has 0 aliphatic heterocycles. The topological polar surface area (TPSA) is 36.4 Å². The molecule has 0 amide bonds. The van der Waals surface area contributed by atoms with Crippen molar-refractivity contribution in [1.82, 2.24) is 10.7 Å². The number of halogens is 2. The van der Waals surface area contributed by atoms with Gasteiger partial charge in [0.25, 0.3) is 0 Å². The average molecular weight is 257 g/mol. The fourth-order valence-corrected chi connectivity index (χ4v) is 1.36. The van der Waals surface area contributed by atoms with Crippen LogP contribution in [0.1, 0.15) is 19.4 Å². The normalized spacial score (nSPS) is 11.2. The number of nitrogens with zero attached hydrogens (tertiary/aromatic N) is 1. The first kappa shape index (κ1) is 13.5. The summed E-state index contributed by atoms with van der Waals surface area (Å²) in [5, 5.41) is 7.03. The number of hydrogen-bond acceptors (Lipinski definition) is 2. The molecule has 92 valence electrons. The van der Waals surface area contributed by atoms with Crippen molar-refractivity contribution in [3.05, 3.63) is 35.4 Å². The molecule has 0 atom stereocenters. The van der Waals surface area contributed by atoms with Crippen LogP contribution in [0.2, 0.25) is 0 Å². The van der Waals surface area contributed by atoms with Crippen molar-refractivity contribution in [2.24, 2.45) is 5.10 Å². The molecular formula is C11H13F2N3S. The zero-order valence-corrected chi connectivity index (χ0v) is 10.4. The van der Waals surface area contributed by atoms with Crippen molar-refractivity contribution in [1.29, 1.82) is 0 Å². The first-order valence-corrected chi connectivity index (χ1v) is 5.49. The number of rotatable bonds is 3. The van der Waals surface area contributed by atoms with Crippen LogP contribution >= 0.6 is 12.2 Å². The monoisotopic (exact) mass is 257 g/mol. The molecule has 1 aromatic rings. The summed E-state index contributed by atoms with van der Waals surface area (Å²) in [5.74, 6) is -1.03. The quantitative estimate of drug-likeness (QED) is 0.495. The third kappa shape index (κ3) is 4.07. The van der Waals surface area contributed by atoms with Crippen molar-refractivity contribution < 1.29 is 8.78 Å². The van der Waals surface area contributed by atoms with E-state index in [1.165, 1.54) is 0 Å². The maximum Gasteiger partial charge on any atom is 0.186 e. The van der Waals surface area contributed by atoms with Gasteiger partial charge in [-0.15, -0.1) is 0 Å². The van der Waals surface area contributed by atoms with Crippen LogP contribution in [0.3, 0.4) is 0 Å². The summed E-state index contributed by atoms with van der Waals surface area (Å²) in [7, 11) is 0. The number of thiocarbonyl (C=S) groups is 1. The maximum atomic E-state index is 13.4. The summed E-state index contributed by atoms with van der Waals surface area (Å²) in [6.07, 6.45) is 0. The molecule has 0 aromatic heterocycles. The molecule has 0 fully saturated rings. The number of hydrogen-bond donors (Lipinski definition) is 2. The van der Waals surface area contributed by atoms with Crippen LogP contribution in [-0.4, -0.2) is 17.4 Å². The van der Waals surface area contributed by atoms with Crippen molar-refractivity contribution in [2.75, 3.05) is 6.54 Å². The molecular weight excluding hydrogens is 244 g/mol. The lowest BCUT2D eigenvalue weighted by molar-refractivity contribution is 0.598. The number of nitrogens with one attached hydrogen (secondary N) is 2. The van der Waals surface area contributed by atoms with Gasteiger partial charge in [0.2, 0.25) is 0 Å². The van der Waals surface area contributed by atoms with Gasteiger partial charge in [0, 0.05) is 12.1 Å². The van der Waals surface area contributed by atoms with E-state index in [1.54, 1.807) is 6.92 Å². The lowest BCUT2D eigenvalue weighted by atomic mass is 10.1. The predicted octanol–water partition coefficient (Wildman–Crippen LogP) is 2.17. The van der Waals surface area contributed by atoms with Crippen LogP contribution < -0.4 is 10.7 Å². The van der Waals surface area contributed by atoms with Crippen molar-refractivity contribution in [3.8, 4) is 0 Å². The number of hydrazone groups is 1. The SMILES string of the molecule is CCNC(=S)N/N=C(/C)c1cc(F)ccc1F. The van der Waals surface area contributed by atoms with E-state index < -0.39 is 11.6 Å². The molecule has 0 aliphatic carbocycles. The Morgan fingerprint density at radius 2 is 2.12 bits per heavy atom. The first-order chi connectivity index (χ1) is 8.04. The highest BCUT2D eigenvalue weighted by Gasteiger charge is 2.07. The summed E-state index contributed by atoms with van der Waals surface area (Å²) in [4.78, 5) is 0. The highest BCUT2D eigenvalue weighted by Crippen LogP contribution is 2.10. The van der Waals surface area contributed by atoms with Gasteiger partial charge in [-0.1, -0.05) is 0 Å². The minimum Gasteiger partial charge on any atom is -0.362 e. The highest BCUT2D eigenvalue weighted by atomic mass is 32.1. The van der Waals surface area contributed by atoms with Crippen LogP contribution in [0, 0.1) is 11.6 Å². The van der Waals surface area contributed by atoms with E-state index in [0.717, 1.165) is 18.2 Å². The van der Waals surface area contributed by atoms with Gasteiger partial charge in [0.1, 0.15) is 11.6 Å². The second-order valence-electron chi connectivity index (χ2n) is 3.29. The van der Waals surface area contributed by atoms with Gasteiger partial charge < -0.3 is 5.32 Å². The number of benzene rings is 1. The Kier molecular flexibility index (Phi) is 4.96. The third-order valence-corrected chi connectivity index (χ3v) is 2.22. The van der Waals surface area contributed by atoms with Gasteiger partial charge in [-0.3, -0.25) is 5.43 Å². The van der Waals surface area contributed by atoms with Gasteiger partial charge in [0.15, 0.2) is 5.11 Å². The summed E-state index contributed by atoms with van der Waals surface area (Å²) in [5.41, 5.74) is 2.98. The fraction of sp³-hybridized carbons (Fsp3) is 0.273. The van der Waals surface area contributed by atoms with Crippen LogP contribution in [0.4, 0.5) is 8.78 Å². The van der Waals surface area contributed by atoms with Gasteiger partial charge in [-0.25, -0.2) is 8.78 Å². The largest absolute Gasteiger partial charge is 0.362 e. The van der Waals surface area contributed by atoms with Gasteiger partial charge >= 0.3 is 0 Å². The van der Waals surface area contributed by atoms with E-state index in [9.17, 15) is 8.78 Å². The van der Waals surface area contributed by atoms with E-state index in [1.807, 2.05) is 6.92 Å². The summed E-state index contributed by atoms with van der Waals surface area (Å²) < 4.78 is 26.3. The molecule has 0 heterocycles. The second kappa shape index (κ2) is 6.24. The lowest BCUT2D eigenvalue weighted by Gasteiger charge is -2.06. The van der Waals surface area contributed by atoms with E-state index in [2.05, 4.69) is 15.8 Å². The summed E-state index contributed by atoms with van der Waals surface area (Å²) in [6, 6.07) is 3.21. The van der Waals surface area contributed by atoms with Gasteiger partial charge in [-0.2, -0.15) is 5.10 Å². The zero-order chi connectivity index (χ0) is 12.8. The van der Waals surface area contributed by atoms with Gasteiger partial charge in [-0.05, 0) is 44.3 Å². The van der Waals surface area contributed by atoms with Crippen LogP contribution in [0.15, 0.2) is 23.3 Å². The zero-order valence-electron chi connectivity index (χ0n) is 9.55. The first-order valence-electron chi connectivity index (χ1n) is 5.08. The Bertz CT molecular complexity index is 446. The second-order valence-corrected chi connectivity index (χ2v) is 3.70. The maximum absolute atomic E-state index is 13.4. The molecule has 1 rings (SSSR count). The molecule has 3 nitrogen and oxygen atoms in total. The van der Waals surface area contributed by atoms with E-state index in [-0.39, 0.29) is 5.56 Å². The minimum absolute atomic E-state index is 0.108. The molecule has 17 heavy (non-hydrogen) atoms. The molecule has 0 radical (unpaired) electrons. The Labute approximate surface area is 104 Å². The molecule has 1 aromatic carbocycles. The van der Waals surface area contributed by atoms with Crippen LogP contribution in [0.5, 0.6) is 0 Å². The Hall–Kier alpha value is -1.56. The van der Waals surface area contributed by atoms with Crippen LogP contribution in [-0.2, 0) is 0 Å². The molecule has 0 saturated heterocycles. The van der Waals surface area contributed by atoms with Crippen molar-refractivity contribution >= 4 is 23.0 Å². The molecule has 0 spiro atoms. The molecule has 0 aliphatic rings. The van der Waals surface area contributed by atoms with Crippen molar-refractivity contribution in [2.45, 2.75) is 13.8 Å². The Balaban J connectivity index is 2.81. The molecule has 0 bridgehead atoms. The van der Waals surface area contributed by atoms with E-state index >= 15 is 0 Å². The Morgan fingerprint density at radius 3 is 2.76 bits per heavy atom. The van der Waals surface area contributed by atoms with Gasteiger partial charge in [0.05, 0.1) is 5.71 Å². The standard InChI is InChI=1S/C11H13F2N3S/c1-3-14-11(17)16-15-7(2)9-6-8(12)4-5-10(9)13/h4-6H,3H2,1-2H3,(H2,14,16,17)/b15-7-.